The number of ether oxygens (including phenoxy) is 5. The van der Waals surface area contributed by atoms with E-state index >= 15 is 0 Å². The minimum Gasteiger partial charge on any atom is -0.386 e. The number of ketones is 1. The molecule has 3 heterocycles. The predicted molar refractivity (Wildman–Crippen MR) is 167 cm³/mol. The van der Waals surface area contributed by atoms with Crippen LogP contribution < -0.4 is 0 Å². The molecule has 0 aromatic heterocycles. The Labute approximate surface area is 264 Å². The smallest absolute Gasteiger partial charge is 0.185 e. The molecule has 3 aliphatic rings. The maximum atomic E-state index is 14.2. The molecule has 3 aliphatic heterocycles. The summed E-state index contributed by atoms with van der Waals surface area (Å²) in [4.78, 5) is 18.5. The van der Waals surface area contributed by atoms with Gasteiger partial charge in [-0.15, -0.1) is 0 Å². The van der Waals surface area contributed by atoms with Gasteiger partial charge in [-0.25, -0.2) is 4.31 Å². The van der Waals surface area contributed by atoms with E-state index in [4.69, 9.17) is 23.7 Å². The molecule has 252 valence electrons. The van der Waals surface area contributed by atoms with Gasteiger partial charge in [-0.2, -0.15) is 0 Å². The van der Waals surface area contributed by atoms with E-state index in [0.29, 0.717) is 31.3 Å². The highest BCUT2D eigenvalue weighted by Gasteiger charge is 2.51. The molecule has 0 saturated carbocycles. The summed E-state index contributed by atoms with van der Waals surface area (Å²) in [6.07, 6.45) is -2.77. The Morgan fingerprint density at radius 3 is 2.33 bits per heavy atom. The highest BCUT2D eigenvalue weighted by atomic mass is 32.2. The van der Waals surface area contributed by atoms with Crippen molar-refractivity contribution < 1.29 is 38.7 Å². The highest BCUT2D eigenvalue weighted by molar-refractivity contribution is 7.96. The summed E-state index contributed by atoms with van der Waals surface area (Å²) in [5, 5.41) is 22.6. The number of nitrogens with zero attached hydrogens (tertiary/aromatic N) is 3. The molecule has 11 nitrogen and oxygen atoms in total. The third-order valence-electron chi connectivity index (χ3n) is 9.86. The number of carbonyl (C=O) groups excluding carboxylic acids is 1. The molecule has 1 unspecified atom stereocenters. The van der Waals surface area contributed by atoms with Crippen molar-refractivity contribution in [1.29, 1.82) is 0 Å². The average Bonchev–Trinajstić information content (AvgIpc) is 2.91. The largest absolute Gasteiger partial charge is 0.386 e. The Morgan fingerprint density at radius 2 is 1.74 bits per heavy atom. The normalized spacial score (nSPS) is 41.3. The number of hydrogen-bond donors (Lipinski definition) is 2. The van der Waals surface area contributed by atoms with Crippen molar-refractivity contribution in [3.8, 4) is 0 Å². The van der Waals surface area contributed by atoms with Crippen LogP contribution in [-0.4, -0.2) is 146 Å². The van der Waals surface area contributed by atoms with E-state index in [9.17, 15) is 15.0 Å². The van der Waals surface area contributed by atoms with E-state index in [1.165, 1.54) is 0 Å². The maximum Gasteiger partial charge on any atom is 0.185 e. The molecule has 3 fully saturated rings. The second kappa shape index (κ2) is 15.5. The Morgan fingerprint density at radius 1 is 1.09 bits per heavy atom. The van der Waals surface area contributed by atoms with Crippen LogP contribution >= 0.6 is 11.9 Å². The van der Waals surface area contributed by atoms with Crippen LogP contribution in [0, 0.1) is 23.2 Å². The Bertz CT molecular complexity index is 893. The number of hydrogen-bond acceptors (Lipinski definition) is 12. The number of methoxy groups -OCH3 is 2. The predicted octanol–water partition coefficient (Wildman–Crippen LogP) is 2.29. The zero-order valence-corrected chi connectivity index (χ0v) is 29.1. The second-order valence-corrected chi connectivity index (χ2v) is 15.2. The van der Waals surface area contributed by atoms with Crippen LogP contribution in [0.2, 0.25) is 0 Å². The van der Waals surface area contributed by atoms with Crippen LogP contribution in [0.25, 0.3) is 0 Å². The molecule has 0 radical (unpaired) electrons. The van der Waals surface area contributed by atoms with Crippen LogP contribution in [0.1, 0.15) is 54.4 Å². The molecule has 2 N–H and O–H groups in total. The van der Waals surface area contributed by atoms with Gasteiger partial charge in [0.25, 0.3) is 0 Å². The van der Waals surface area contributed by atoms with Crippen molar-refractivity contribution in [2.75, 3.05) is 67.5 Å². The molecule has 0 bridgehead atoms. The topological polar surface area (TPSA) is 113 Å². The summed E-state index contributed by atoms with van der Waals surface area (Å²) >= 11 is 1.67. The molecule has 0 amide bonds. The summed E-state index contributed by atoms with van der Waals surface area (Å²) in [7, 11) is 9.32. The summed E-state index contributed by atoms with van der Waals surface area (Å²) in [5.74, 6) is 0.263. The molecule has 0 aromatic rings. The Hall–Kier alpha value is -0.380. The number of likely N-dealkylation sites (N-methyl/N-ethyl adjacent to an activating group) is 2. The summed E-state index contributed by atoms with van der Waals surface area (Å²) in [5.41, 5.74) is -2.11. The molecule has 3 saturated heterocycles. The fraction of sp³-hybridized carbons (Fsp3) is 0.968. The van der Waals surface area contributed by atoms with Crippen molar-refractivity contribution in [2.45, 2.75) is 103 Å². The molecular weight excluding hydrogens is 574 g/mol. The molecule has 0 aliphatic carbocycles. The highest BCUT2D eigenvalue weighted by Crippen LogP contribution is 2.39. The van der Waals surface area contributed by atoms with Crippen molar-refractivity contribution >= 4 is 17.7 Å². The molecule has 0 spiro atoms. The second-order valence-electron chi connectivity index (χ2n) is 14.2. The maximum absolute atomic E-state index is 14.2. The first kappa shape index (κ1) is 37.1. The third kappa shape index (κ3) is 8.71. The number of aliphatic hydroxyl groups excluding tert-OH is 2. The van der Waals surface area contributed by atoms with Crippen molar-refractivity contribution in [3.05, 3.63) is 0 Å². The van der Waals surface area contributed by atoms with Gasteiger partial charge in [0.2, 0.25) is 0 Å². The van der Waals surface area contributed by atoms with Gasteiger partial charge < -0.3 is 43.7 Å². The van der Waals surface area contributed by atoms with Crippen molar-refractivity contribution in [1.82, 2.24) is 14.1 Å². The van der Waals surface area contributed by atoms with Crippen LogP contribution in [0.5, 0.6) is 0 Å². The minimum atomic E-state index is -1.31. The first-order chi connectivity index (χ1) is 20.0. The summed E-state index contributed by atoms with van der Waals surface area (Å²) in [6.45, 7) is 14.3. The van der Waals surface area contributed by atoms with Crippen LogP contribution in [0.15, 0.2) is 0 Å². The van der Waals surface area contributed by atoms with Gasteiger partial charge in [0, 0.05) is 57.8 Å². The first-order valence-corrected chi connectivity index (χ1v) is 16.6. The SMILES string of the molecule is COCSN1CC([C@@H]2COC(O)C(C)(C)C(=O)[C@H](C)[C@@H](O[C@@H]3O[C@H](C)C[C@H](N(C)C)[C@H]3O)[C@](C)(OC)C[C@@H](C)CN2C)C1. The number of Topliss-reactive ketones (excluding diaryl/α,β-unsaturated/α-hetero) is 1. The van der Waals surface area contributed by atoms with E-state index in [-0.39, 0.29) is 29.9 Å². The summed E-state index contributed by atoms with van der Waals surface area (Å²) in [6, 6.07) is -0.0912. The standard InChI is InChI=1S/C31H59N3O8S/c1-19-13-31(6,39-11)27(42-28-25(35)23(32(7)8)12-20(2)41-28)21(3)26(36)30(4,5)29(37)40-17-24(33(9)14-19)22-15-34(16-22)43-18-38-10/h19-25,27-29,35,37H,12-18H2,1-11H3/t19-,20-,21+,23+,24+,25-,27-,28+,29?,31-/m1/s1. The van der Waals surface area contributed by atoms with Gasteiger partial charge in [0.1, 0.15) is 17.8 Å². The van der Waals surface area contributed by atoms with E-state index in [1.807, 2.05) is 39.8 Å². The van der Waals surface area contributed by atoms with Crippen LogP contribution in [0.4, 0.5) is 0 Å². The fourth-order valence-corrected chi connectivity index (χ4v) is 7.95. The van der Waals surface area contributed by atoms with Gasteiger partial charge in [0.05, 0.1) is 29.8 Å². The minimum absolute atomic E-state index is 0.0664. The van der Waals surface area contributed by atoms with Crippen LogP contribution in [0.3, 0.4) is 0 Å². The molecule has 12 heteroatoms. The summed E-state index contributed by atoms with van der Waals surface area (Å²) < 4.78 is 32.6. The average molecular weight is 634 g/mol. The number of carbonyl (C=O) groups is 1. The molecule has 0 aromatic carbocycles. The zero-order valence-electron chi connectivity index (χ0n) is 28.3. The van der Waals surface area contributed by atoms with Gasteiger partial charge in [-0.1, -0.05) is 25.8 Å². The van der Waals surface area contributed by atoms with Gasteiger partial charge in [0.15, 0.2) is 12.6 Å². The molecular formula is C31H59N3O8S. The quantitative estimate of drug-likeness (QED) is 0.302. The van der Waals surface area contributed by atoms with E-state index in [2.05, 4.69) is 23.2 Å². The van der Waals surface area contributed by atoms with Gasteiger partial charge in [-0.3, -0.25) is 4.79 Å². The number of rotatable bonds is 8. The van der Waals surface area contributed by atoms with Crippen molar-refractivity contribution in [2.24, 2.45) is 23.2 Å². The van der Waals surface area contributed by atoms with Gasteiger partial charge in [-0.05, 0) is 67.6 Å². The zero-order chi connectivity index (χ0) is 32.3. The molecule has 43 heavy (non-hydrogen) atoms. The fourth-order valence-electron chi connectivity index (χ4n) is 7.10. The third-order valence-corrected chi connectivity index (χ3v) is 10.9. The van der Waals surface area contributed by atoms with Crippen LogP contribution in [-0.2, 0) is 28.5 Å². The molecule has 10 atom stereocenters. The number of aliphatic hydroxyl groups is 2. The monoisotopic (exact) mass is 633 g/mol. The molecule has 3 rings (SSSR count). The van der Waals surface area contributed by atoms with E-state index < -0.39 is 41.7 Å². The Kier molecular flexibility index (Phi) is 13.3. The van der Waals surface area contributed by atoms with Gasteiger partial charge >= 0.3 is 0 Å². The Balaban J connectivity index is 1.92. The lowest BCUT2D eigenvalue weighted by atomic mass is 9.74. The lowest BCUT2D eigenvalue weighted by Gasteiger charge is -2.47. The van der Waals surface area contributed by atoms with E-state index in [0.717, 1.165) is 19.6 Å². The van der Waals surface area contributed by atoms with E-state index in [1.54, 1.807) is 40.0 Å². The lowest BCUT2D eigenvalue weighted by molar-refractivity contribution is -0.296. The van der Waals surface area contributed by atoms with Crippen molar-refractivity contribution in [3.63, 3.8) is 0 Å². The lowest BCUT2D eigenvalue weighted by Crippen LogP contribution is -2.59. The first-order valence-electron chi connectivity index (χ1n) is 15.7.